The SMILES string of the molecule is CC[C@@]1(O)C(=O)OCc2c1cc1n(c2=O)Cc2cc3cccc(SC[Si](C)(C)C)c3nc2-1. The maximum atomic E-state index is 13.3. The number of hydrogen-bond acceptors (Lipinski definition) is 6. The molecular formula is C24H26N2O4SSi. The Bertz CT molecular complexity index is 1340. The maximum absolute atomic E-state index is 13.3. The first kappa shape index (κ1) is 21.4. The Morgan fingerprint density at radius 2 is 2.03 bits per heavy atom. The number of hydrogen-bond donors (Lipinski definition) is 1. The molecule has 3 aromatic rings. The van der Waals surface area contributed by atoms with Gasteiger partial charge in [0.1, 0.15) is 6.61 Å². The van der Waals surface area contributed by atoms with E-state index >= 15 is 0 Å². The average molecular weight is 467 g/mol. The van der Waals surface area contributed by atoms with Gasteiger partial charge in [0, 0.05) is 21.4 Å². The summed E-state index contributed by atoms with van der Waals surface area (Å²) in [5.41, 5.74) is 1.96. The standard InChI is InChI=1S/C24H26N2O4SSi/c1-5-24(29)17-10-18-20-15(11-26(18)22(27)16(17)12-30-23(24)28)9-14-7-6-8-19(21(14)25-20)31-13-32(2,3)4/h6-10,29H,5,11-13H2,1-4H3/t24-/m0/s1. The molecule has 0 aliphatic carbocycles. The molecule has 2 aromatic heterocycles. The molecule has 0 spiro atoms. The molecule has 0 saturated carbocycles. The highest BCUT2D eigenvalue weighted by molar-refractivity contribution is 8.01. The number of ether oxygens (including phenoxy) is 1. The van der Waals surface area contributed by atoms with Gasteiger partial charge in [0.2, 0.25) is 0 Å². The predicted octanol–water partition coefficient (Wildman–Crippen LogP) is 4.05. The third-order valence-electron chi connectivity index (χ3n) is 6.16. The molecule has 8 heteroatoms. The number of carbonyl (C=O) groups is 1. The van der Waals surface area contributed by atoms with Gasteiger partial charge in [-0.25, -0.2) is 9.78 Å². The Balaban J connectivity index is 1.69. The van der Waals surface area contributed by atoms with Gasteiger partial charge in [-0.1, -0.05) is 38.7 Å². The lowest BCUT2D eigenvalue weighted by Crippen LogP contribution is -2.44. The Morgan fingerprint density at radius 1 is 1.25 bits per heavy atom. The van der Waals surface area contributed by atoms with Crippen molar-refractivity contribution in [2.24, 2.45) is 0 Å². The molecule has 2 aliphatic heterocycles. The zero-order valence-electron chi connectivity index (χ0n) is 18.7. The third kappa shape index (κ3) is 3.24. The zero-order chi connectivity index (χ0) is 22.8. The molecule has 0 bridgehead atoms. The van der Waals surface area contributed by atoms with Crippen molar-refractivity contribution < 1.29 is 14.6 Å². The number of nitrogens with zero attached hydrogens (tertiary/aromatic N) is 2. The smallest absolute Gasteiger partial charge is 0.343 e. The van der Waals surface area contributed by atoms with Crippen molar-refractivity contribution in [2.75, 3.05) is 5.38 Å². The fourth-order valence-corrected chi connectivity index (χ4v) is 7.22. The summed E-state index contributed by atoms with van der Waals surface area (Å²) in [6, 6.07) is 10.1. The lowest BCUT2D eigenvalue weighted by molar-refractivity contribution is -0.172. The molecular weight excluding hydrogens is 440 g/mol. The van der Waals surface area contributed by atoms with Crippen molar-refractivity contribution in [3.05, 3.63) is 57.4 Å². The third-order valence-corrected chi connectivity index (χ3v) is 10.8. The van der Waals surface area contributed by atoms with E-state index in [-0.39, 0.29) is 18.6 Å². The van der Waals surface area contributed by atoms with E-state index < -0.39 is 19.6 Å². The van der Waals surface area contributed by atoms with E-state index in [4.69, 9.17) is 9.72 Å². The van der Waals surface area contributed by atoms with Gasteiger partial charge in [-0.2, -0.15) is 0 Å². The Hall–Kier alpha value is -2.42. The van der Waals surface area contributed by atoms with Gasteiger partial charge in [0.05, 0.1) is 37.1 Å². The number of para-hydroxylation sites is 1. The van der Waals surface area contributed by atoms with E-state index in [2.05, 4.69) is 43.9 Å². The minimum atomic E-state index is -1.81. The number of thioether (sulfide) groups is 1. The number of cyclic esters (lactones) is 1. The number of esters is 1. The molecule has 1 atom stereocenters. The zero-order valence-corrected chi connectivity index (χ0v) is 20.5. The molecule has 0 unspecified atom stereocenters. The highest BCUT2D eigenvalue weighted by atomic mass is 32.2. The van der Waals surface area contributed by atoms with E-state index in [0.29, 0.717) is 23.4 Å². The Kier molecular flexibility index (Phi) is 4.88. The van der Waals surface area contributed by atoms with Crippen molar-refractivity contribution in [2.45, 2.75) is 56.6 Å². The number of aliphatic hydroxyl groups is 1. The number of carbonyl (C=O) groups excluding carboxylic acids is 1. The van der Waals surface area contributed by atoms with Crippen LogP contribution in [0.15, 0.2) is 40.0 Å². The second-order valence-electron chi connectivity index (χ2n) is 9.78. The number of benzene rings is 1. The quantitative estimate of drug-likeness (QED) is 0.278. The molecule has 2 aliphatic rings. The van der Waals surface area contributed by atoms with Crippen LogP contribution in [0.5, 0.6) is 0 Å². The molecule has 0 saturated heterocycles. The molecule has 0 amide bonds. The Morgan fingerprint density at radius 3 is 2.75 bits per heavy atom. The summed E-state index contributed by atoms with van der Waals surface area (Å²) in [5, 5.41) is 13.2. The highest BCUT2D eigenvalue weighted by Gasteiger charge is 2.45. The number of pyridine rings is 2. The molecule has 5 rings (SSSR count). The van der Waals surface area contributed by atoms with Crippen LogP contribution in [0.1, 0.15) is 30.0 Å². The average Bonchev–Trinajstić information content (AvgIpc) is 3.11. The van der Waals surface area contributed by atoms with Gasteiger partial charge < -0.3 is 14.4 Å². The topological polar surface area (TPSA) is 81.4 Å². The largest absolute Gasteiger partial charge is 0.458 e. The van der Waals surface area contributed by atoms with E-state index in [1.807, 2.05) is 11.8 Å². The summed E-state index contributed by atoms with van der Waals surface area (Å²) in [6.07, 6.45) is 0.136. The normalized spacial score (nSPS) is 19.5. The molecule has 0 fully saturated rings. The van der Waals surface area contributed by atoms with Gasteiger partial charge in [-0.05, 0) is 30.0 Å². The molecule has 1 N–H and O–H groups in total. The van der Waals surface area contributed by atoms with Gasteiger partial charge in [-0.15, -0.1) is 11.8 Å². The van der Waals surface area contributed by atoms with Gasteiger partial charge in [0.15, 0.2) is 5.60 Å². The van der Waals surface area contributed by atoms with Crippen LogP contribution in [0, 0.1) is 0 Å². The summed E-state index contributed by atoms with van der Waals surface area (Å²) < 4.78 is 6.82. The lowest BCUT2D eigenvalue weighted by Gasteiger charge is -2.31. The number of rotatable bonds is 4. The van der Waals surface area contributed by atoms with Crippen molar-refractivity contribution in [3.63, 3.8) is 0 Å². The van der Waals surface area contributed by atoms with Crippen LogP contribution in [0.2, 0.25) is 19.6 Å². The van der Waals surface area contributed by atoms with Crippen molar-refractivity contribution in [3.8, 4) is 11.4 Å². The van der Waals surface area contributed by atoms with Gasteiger partial charge >= 0.3 is 5.97 Å². The summed E-state index contributed by atoms with van der Waals surface area (Å²) >= 11 is 1.84. The van der Waals surface area contributed by atoms with Crippen LogP contribution in [-0.4, -0.2) is 34.1 Å². The van der Waals surface area contributed by atoms with E-state index in [0.717, 1.165) is 32.4 Å². The van der Waals surface area contributed by atoms with Gasteiger partial charge in [-0.3, -0.25) is 4.79 Å². The van der Waals surface area contributed by atoms with Crippen molar-refractivity contribution >= 4 is 36.7 Å². The minimum absolute atomic E-state index is 0.112. The van der Waals surface area contributed by atoms with Gasteiger partial charge in [0.25, 0.3) is 5.56 Å². The molecule has 1 aromatic carbocycles. The van der Waals surface area contributed by atoms with E-state index in [9.17, 15) is 14.7 Å². The number of aromatic nitrogens is 2. The van der Waals surface area contributed by atoms with Crippen LogP contribution < -0.4 is 5.56 Å². The summed E-state index contributed by atoms with van der Waals surface area (Å²) in [5.74, 6) is -0.702. The van der Waals surface area contributed by atoms with Crippen LogP contribution in [0.3, 0.4) is 0 Å². The van der Waals surface area contributed by atoms with Crippen LogP contribution >= 0.6 is 11.8 Å². The molecule has 32 heavy (non-hydrogen) atoms. The highest BCUT2D eigenvalue weighted by Crippen LogP contribution is 2.39. The van der Waals surface area contributed by atoms with Crippen molar-refractivity contribution in [1.29, 1.82) is 0 Å². The monoisotopic (exact) mass is 466 g/mol. The van der Waals surface area contributed by atoms with Crippen LogP contribution in [0.4, 0.5) is 0 Å². The molecule has 6 nitrogen and oxygen atoms in total. The van der Waals surface area contributed by atoms with Crippen LogP contribution in [0.25, 0.3) is 22.3 Å². The molecule has 4 heterocycles. The summed E-state index contributed by atoms with van der Waals surface area (Å²) in [7, 11) is -1.24. The fraction of sp³-hybridized carbons (Fsp3) is 0.375. The van der Waals surface area contributed by atoms with E-state index in [1.54, 1.807) is 17.6 Å². The summed E-state index contributed by atoms with van der Waals surface area (Å²) in [4.78, 5) is 31.8. The molecule has 0 radical (unpaired) electrons. The molecule has 166 valence electrons. The first-order valence-corrected chi connectivity index (χ1v) is 15.5. The maximum Gasteiger partial charge on any atom is 0.343 e. The second kappa shape index (κ2) is 7.30. The Labute approximate surface area is 191 Å². The number of fused-ring (bicyclic) bond motifs is 5. The fourth-order valence-electron chi connectivity index (χ4n) is 4.39. The van der Waals surface area contributed by atoms with Crippen LogP contribution in [-0.2, 0) is 28.3 Å². The first-order chi connectivity index (χ1) is 15.1. The predicted molar refractivity (Wildman–Crippen MR) is 129 cm³/mol. The summed E-state index contributed by atoms with van der Waals surface area (Å²) in [6.45, 7) is 9.07. The first-order valence-electron chi connectivity index (χ1n) is 10.8. The minimum Gasteiger partial charge on any atom is -0.458 e. The van der Waals surface area contributed by atoms with Crippen molar-refractivity contribution in [1.82, 2.24) is 9.55 Å². The lowest BCUT2D eigenvalue weighted by atomic mass is 9.86. The van der Waals surface area contributed by atoms with E-state index in [1.165, 1.54) is 0 Å². The second-order valence-corrected chi connectivity index (χ2v) is 16.8.